The molecule has 3 heterocycles. The van der Waals surface area contributed by atoms with Gasteiger partial charge in [0.05, 0.1) is 17.7 Å². The zero-order chi connectivity index (χ0) is 22.1. The highest BCUT2D eigenvalue weighted by molar-refractivity contribution is 6.36. The van der Waals surface area contributed by atoms with E-state index in [2.05, 4.69) is 0 Å². The molecule has 6 nitrogen and oxygen atoms in total. The summed E-state index contributed by atoms with van der Waals surface area (Å²) in [7, 11) is 0. The molecule has 8 heteroatoms. The van der Waals surface area contributed by atoms with Gasteiger partial charge >= 0.3 is 0 Å². The van der Waals surface area contributed by atoms with Gasteiger partial charge in [0.2, 0.25) is 0 Å². The summed E-state index contributed by atoms with van der Waals surface area (Å²) in [6.45, 7) is 2.31. The smallest absolute Gasteiger partial charge is 0.271 e. The molecule has 1 saturated heterocycles. The van der Waals surface area contributed by atoms with Crippen LogP contribution in [0, 0.1) is 11.3 Å². The largest absolute Gasteiger partial charge is 0.457 e. The number of hydrogen-bond acceptors (Lipinski definition) is 5. The molecule has 2 aliphatic rings. The van der Waals surface area contributed by atoms with E-state index in [9.17, 15) is 14.9 Å². The third-order valence-corrected chi connectivity index (χ3v) is 5.89. The maximum atomic E-state index is 13.1. The highest BCUT2D eigenvalue weighted by atomic mass is 35.5. The number of halogens is 2. The van der Waals surface area contributed by atoms with E-state index in [0.717, 1.165) is 17.7 Å². The van der Waals surface area contributed by atoms with Gasteiger partial charge in [-0.1, -0.05) is 23.2 Å². The minimum Gasteiger partial charge on any atom is -0.457 e. The van der Waals surface area contributed by atoms with E-state index in [0.29, 0.717) is 39.3 Å². The second-order valence-electron chi connectivity index (χ2n) is 7.35. The molecule has 2 aromatic rings. The highest BCUT2D eigenvalue weighted by Crippen LogP contribution is 2.33. The Labute approximate surface area is 189 Å². The Morgan fingerprint density at radius 3 is 2.71 bits per heavy atom. The van der Waals surface area contributed by atoms with Crippen molar-refractivity contribution in [3.05, 3.63) is 62.9 Å². The van der Waals surface area contributed by atoms with E-state index < -0.39 is 11.8 Å². The van der Waals surface area contributed by atoms with Crippen molar-refractivity contribution in [2.75, 3.05) is 13.2 Å². The third-order valence-electron chi connectivity index (χ3n) is 5.35. The van der Waals surface area contributed by atoms with Crippen LogP contribution in [0.4, 0.5) is 0 Å². The van der Waals surface area contributed by atoms with E-state index in [4.69, 9.17) is 32.4 Å². The lowest BCUT2D eigenvalue weighted by Gasteiger charge is -2.29. The average Bonchev–Trinajstić information content (AvgIpc) is 3.41. The van der Waals surface area contributed by atoms with Gasteiger partial charge in [0, 0.05) is 22.8 Å². The number of hydrogen-bond donors (Lipinski definition) is 0. The van der Waals surface area contributed by atoms with E-state index in [-0.39, 0.29) is 23.8 Å². The Bertz CT molecular complexity index is 1170. The number of imide groups is 1. The first-order valence-electron chi connectivity index (χ1n) is 9.75. The van der Waals surface area contributed by atoms with Crippen LogP contribution in [0.5, 0.6) is 0 Å². The second-order valence-corrected chi connectivity index (χ2v) is 8.20. The molecule has 158 valence electrons. The molecule has 0 bridgehead atoms. The van der Waals surface area contributed by atoms with Crippen LogP contribution in [0.2, 0.25) is 10.0 Å². The standard InChI is InChI=1S/C23H18Cl2N2O4/c1-13-18(10-15-5-7-21(31-15)17-6-4-14(24)9-20(17)25)22(28)27(23(29)19(13)11-26)12-16-3-2-8-30-16/h4-7,9-10,16H,2-3,8,12H2,1H3. The summed E-state index contributed by atoms with van der Waals surface area (Å²) >= 11 is 12.2. The zero-order valence-electron chi connectivity index (χ0n) is 16.7. The fourth-order valence-corrected chi connectivity index (χ4v) is 4.20. The fourth-order valence-electron chi connectivity index (χ4n) is 3.69. The van der Waals surface area contributed by atoms with E-state index in [1.54, 1.807) is 37.3 Å². The summed E-state index contributed by atoms with van der Waals surface area (Å²) < 4.78 is 11.4. The van der Waals surface area contributed by atoms with Gasteiger partial charge in [0.25, 0.3) is 11.8 Å². The quantitative estimate of drug-likeness (QED) is 0.475. The van der Waals surface area contributed by atoms with Gasteiger partial charge in [-0.15, -0.1) is 0 Å². The molecule has 4 rings (SSSR count). The molecule has 1 aromatic heterocycles. The number of carbonyl (C=O) groups excluding carboxylic acids is 2. The minimum atomic E-state index is -0.592. The first-order chi connectivity index (χ1) is 14.9. The van der Waals surface area contributed by atoms with Gasteiger partial charge in [-0.3, -0.25) is 14.5 Å². The summed E-state index contributed by atoms with van der Waals surface area (Å²) in [5, 5.41) is 10.5. The van der Waals surface area contributed by atoms with Crippen LogP contribution in [-0.4, -0.2) is 36.0 Å². The lowest BCUT2D eigenvalue weighted by atomic mass is 9.94. The van der Waals surface area contributed by atoms with Gasteiger partial charge in [0.15, 0.2) is 0 Å². The molecule has 0 N–H and O–H groups in total. The van der Waals surface area contributed by atoms with Crippen LogP contribution in [0.1, 0.15) is 25.5 Å². The molecule has 2 amide bonds. The van der Waals surface area contributed by atoms with Crippen LogP contribution < -0.4 is 0 Å². The molecule has 1 atom stereocenters. The first-order valence-corrected chi connectivity index (χ1v) is 10.5. The van der Waals surface area contributed by atoms with Crippen molar-refractivity contribution in [3.8, 4) is 17.4 Å². The lowest BCUT2D eigenvalue weighted by molar-refractivity contribution is -0.142. The van der Waals surface area contributed by atoms with Crippen LogP contribution in [0.15, 0.2) is 51.5 Å². The Kier molecular flexibility index (Phi) is 6.01. The summed E-state index contributed by atoms with van der Waals surface area (Å²) in [6.07, 6.45) is 2.97. The zero-order valence-corrected chi connectivity index (χ0v) is 18.2. The molecule has 0 spiro atoms. The maximum Gasteiger partial charge on any atom is 0.271 e. The van der Waals surface area contributed by atoms with E-state index in [1.165, 1.54) is 6.08 Å². The molecular formula is C23H18Cl2N2O4. The Morgan fingerprint density at radius 1 is 1.23 bits per heavy atom. The van der Waals surface area contributed by atoms with Crippen molar-refractivity contribution < 1.29 is 18.7 Å². The number of benzene rings is 1. The van der Waals surface area contributed by atoms with Crippen molar-refractivity contribution in [1.82, 2.24) is 4.90 Å². The maximum absolute atomic E-state index is 13.1. The number of carbonyl (C=O) groups is 2. The van der Waals surface area contributed by atoms with Crippen LogP contribution in [0.3, 0.4) is 0 Å². The molecule has 1 unspecified atom stereocenters. The number of furan rings is 1. The molecule has 31 heavy (non-hydrogen) atoms. The van der Waals surface area contributed by atoms with Crippen LogP contribution >= 0.6 is 23.2 Å². The third kappa shape index (κ3) is 4.17. The molecule has 1 aromatic carbocycles. The summed E-state index contributed by atoms with van der Waals surface area (Å²) in [6, 6.07) is 10.4. The van der Waals surface area contributed by atoms with Crippen molar-refractivity contribution in [2.24, 2.45) is 0 Å². The topological polar surface area (TPSA) is 83.5 Å². The number of nitriles is 1. The molecule has 2 aliphatic heterocycles. The van der Waals surface area contributed by atoms with E-state index >= 15 is 0 Å². The van der Waals surface area contributed by atoms with Gasteiger partial charge in [-0.2, -0.15) is 5.26 Å². The van der Waals surface area contributed by atoms with E-state index in [1.807, 2.05) is 6.07 Å². The van der Waals surface area contributed by atoms with Gasteiger partial charge < -0.3 is 9.15 Å². The SMILES string of the molecule is CC1=C(C#N)C(=O)N(CC2CCCO2)C(=O)C1=Cc1ccc(-c2ccc(Cl)cc2Cl)o1. The van der Waals surface area contributed by atoms with Crippen LogP contribution in [-0.2, 0) is 14.3 Å². The lowest BCUT2D eigenvalue weighted by Crippen LogP contribution is -2.46. The molecule has 1 fully saturated rings. The number of amides is 2. The van der Waals surface area contributed by atoms with Crippen molar-refractivity contribution in [1.29, 1.82) is 5.26 Å². The van der Waals surface area contributed by atoms with Gasteiger partial charge in [-0.25, -0.2) is 0 Å². The number of nitrogens with zero attached hydrogens (tertiary/aromatic N) is 2. The highest BCUT2D eigenvalue weighted by Gasteiger charge is 2.37. The average molecular weight is 457 g/mol. The predicted molar refractivity (Wildman–Crippen MR) is 116 cm³/mol. The Hall–Kier alpha value is -2.85. The molecule has 0 aliphatic carbocycles. The predicted octanol–water partition coefficient (Wildman–Crippen LogP) is 5.02. The summed E-state index contributed by atoms with van der Waals surface area (Å²) in [5.41, 5.74) is 1.16. The molecule has 0 saturated carbocycles. The fraction of sp³-hybridized carbons (Fsp3) is 0.261. The van der Waals surface area contributed by atoms with Gasteiger partial charge in [0.1, 0.15) is 23.2 Å². The first kappa shape index (κ1) is 21.4. The molecular weight excluding hydrogens is 439 g/mol. The summed E-state index contributed by atoms with van der Waals surface area (Å²) in [5.74, 6) is -0.163. The van der Waals surface area contributed by atoms with Crippen molar-refractivity contribution in [2.45, 2.75) is 25.9 Å². The Balaban J connectivity index is 1.69. The minimum absolute atomic E-state index is 0.0589. The molecule has 0 radical (unpaired) electrons. The second kappa shape index (κ2) is 8.72. The number of rotatable bonds is 4. The van der Waals surface area contributed by atoms with Crippen molar-refractivity contribution >= 4 is 41.1 Å². The van der Waals surface area contributed by atoms with Crippen LogP contribution in [0.25, 0.3) is 17.4 Å². The Morgan fingerprint density at radius 2 is 2.03 bits per heavy atom. The summed E-state index contributed by atoms with van der Waals surface area (Å²) in [4.78, 5) is 26.9. The normalized spacial score (nSPS) is 20.6. The van der Waals surface area contributed by atoms with Gasteiger partial charge in [-0.05, 0) is 61.7 Å². The monoisotopic (exact) mass is 456 g/mol. The van der Waals surface area contributed by atoms with Crippen molar-refractivity contribution in [3.63, 3.8) is 0 Å². The number of ether oxygens (including phenoxy) is 1.